The smallest absolute Gasteiger partial charge is 0.224 e. The van der Waals surface area contributed by atoms with Crippen molar-refractivity contribution in [2.75, 3.05) is 0 Å². The SMILES string of the molecule is C[C@]1(NC(=O)Cc2ccc(F)cc2)C[C@@H](c2ccc(Cl)cc2)O[C@@H](c2cccc(F)c2)C1. The van der Waals surface area contributed by atoms with Crippen molar-refractivity contribution in [3.05, 3.63) is 106 Å². The van der Waals surface area contributed by atoms with E-state index in [1.54, 1.807) is 30.3 Å². The van der Waals surface area contributed by atoms with E-state index in [1.165, 1.54) is 24.3 Å². The standard InChI is InChI=1S/C26H24ClF2NO2/c1-26(30-25(31)13-17-5-11-21(28)12-6-17)15-23(18-7-9-20(27)10-8-18)32-24(16-26)19-3-2-4-22(29)14-19/h2-12,14,23-24H,13,15-16H2,1H3,(H,30,31)/t23-,24+,26-/m0/s1. The van der Waals surface area contributed by atoms with Gasteiger partial charge in [-0.15, -0.1) is 0 Å². The van der Waals surface area contributed by atoms with Crippen LogP contribution in [-0.2, 0) is 16.0 Å². The summed E-state index contributed by atoms with van der Waals surface area (Å²) in [6.45, 7) is 1.98. The molecule has 1 N–H and O–H groups in total. The topological polar surface area (TPSA) is 38.3 Å². The molecule has 0 spiro atoms. The van der Waals surface area contributed by atoms with E-state index in [0.717, 1.165) is 16.7 Å². The molecule has 1 aliphatic rings. The lowest BCUT2D eigenvalue weighted by atomic mass is 9.81. The van der Waals surface area contributed by atoms with E-state index in [9.17, 15) is 13.6 Å². The van der Waals surface area contributed by atoms with Gasteiger partial charge in [0.15, 0.2) is 0 Å². The van der Waals surface area contributed by atoms with E-state index >= 15 is 0 Å². The zero-order valence-corrected chi connectivity index (χ0v) is 18.4. The molecule has 0 unspecified atom stereocenters. The van der Waals surface area contributed by atoms with Crippen molar-refractivity contribution >= 4 is 17.5 Å². The van der Waals surface area contributed by atoms with Crippen molar-refractivity contribution < 1.29 is 18.3 Å². The Bertz CT molecular complexity index is 1090. The number of carbonyl (C=O) groups excluding carboxylic acids is 1. The third kappa shape index (κ3) is 5.53. The molecule has 0 aromatic heterocycles. The van der Waals surface area contributed by atoms with Gasteiger partial charge < -0.3 is 10.1 Å². The summed E-state index contributed by atoms with van der Waals surface area (Å²) in [5.41, 5.74) is 1.81. The maximum atomic E-state index is 13.9. The molecule has 3 nitrogen and oxygen atoms in total. The zero-order chi connectivity index (χ0) is 22.7. The number of nitrogens with one attached hydrogen (secondary N) is 1. The first-order valence-electron chi connectivity index (χ1n) is 10.5. The summed E-state index contributed by atoms with van der Waals surface area (Å²) in [4.78, 5) is 12.8. The number of ether oxygens (including phenoxy) is 1. The highest BCUT2D eigenvalue weighted by atomic mass is 35.5. The van der Waals surface area contributed by atoms with Crippen LogP contribution in [0.25, 0.3) is 0 Å². The number of hydrogen-bond donors (Lipinski definition) is 1. The molecular formula is C26H24ClF2NO2. The number of carbonyl (C=O) groups is 1. The molecule has 3 atom stereocenters. The maximum Gasteiger partial charge on any atom is 0.224 e. The van der Waals surface area contributed by atoms with Crippen LogP contribution in [0.2, 0.25) is 5.02 Å². The molecule has 166 valence electrons. The van der Waals surface area contributed by atoms with E-state index in [-0.39, 0.29) is 30.1 Å². The van der Waals surface area contributed by atoms with Crippen molar-refractivity contribution in [3.8, 4) is 0 Å². The van der Waals surface area contributed by atoms with Crippen molar-refractivity contribution in [3.63, 3.8) is 0 Å². The fraction of sp³-hybridized carbons (Fsp3) is 0.269. The molecule has 1 heterocycles. The van der Waals surface area contributed by atoms with Crippen molar-refractivity contribution in [2.45, 2.75) is 43.9 Å². The minimum atomic E-state index is -0.587. The third-order valence-corrected chi connectivity index (χ3v) is 6.03. The second-order valence-electron chi connectivity index (χ2n) is 8.54. The highest BCUT2D eigenvalue weighted by Crippen LogP contribution is 2.44. The fourth-order valence-corrected chi connectivity index (χ4v) is 4.37. The van der Waals surface area contributed by atoms with E-state index in [2.05, 4.69) is 5.32 Å². The van der Waals surface area contributed by atoms with Gasteiger partial charge in [-0.1, -0.05) is 48.0 Å². The predicted octanol–water partition coefficient (Wildman–Crippen LogP) is 6.33. The summed E-state index contributed by atoms with van der Waals surface area (Å²) in [5, 5.41) is 3.78. The second kappa shape index (κ2) is 9.39. The quantitative estimate of drug-likeness (QED) is 0.488. The molecule has 1 amide bonds. The van der Waals surface area contributed by atoms with Crippen LogP contribution >= 0.6 is 11.6 Å². The van der Waals surface area contributed by atoms with Crippen molar-refractivity contribution in [1.29, 1.82) is 0 Å². The molecule has 1 fully saturated rings. The highest BCUT2D eigenvalue weighted by molar-refractivity contribution is 6.30. The van der Waals surface area contributed by atoms with Gasteiger partial charge in [0.05, 0.1) is 18.6 Å². The van der Waals surface area contributed by atoms with Crippen LogP contribution in [0.5, 0.6) is 0 Å². The van der Waals surface area contributed by atoms with Gasteiger partial charge in [-0.3, -0.25) is 4.79 Å². The number of halogens is 3. The minimum Gasteiger partial charge on any atom is -0.365 e. The van der Waals surface area contributed by atoms with Crippen molar-refractivity contribution in [2.24, 2.45) is 0 Å². The van der Waals surface area contributed by atoms with Gasteiger partial charge in [-0.25, -0.2) is 8.78 Å². The normalized spacial score (nSPS) is 23.0. The van der Waals surface area contributed by atoms with Gasteiger partial charge in [0, 0.05) is 23.4 Å². The molecule has 6 heteroatoms. The fourth-order valence-electron chi connectivity index (χ4n) is 4.24. The van der Waals surface area contributed by atoms with Crippen LogP contribution < -0.4 is 5.32 Å². The summed E-state index contributed by atoms with van der Waals surface area (Å²) in [7, 11) is 0. The number of hydrogen-bond acceptors (Lipinski definition) is 2. The van der Waals surface area contributed by atoms with Gasteiger partial charge in [0.25, 0.3) is 0 Å². The molecule has 4 rings (SSSR count). The van der Waals surface area contributed by atoms with Crippen LogP contribution in [-0.4, -0.2) is 11.4 Å². The predicted molar refractivity (Wildman–Crippen MR) is 120 cm³/mol. The van der Waals surface area contributed by atoms with E-state index in [4.69, 9.17) is 16.3 Å². The lowest BCUT2D eigenvalue weighted by Gasteiger charge is -2.43. The second-order valence-corrected chi connectivity index (χ2v) is 8.98. The maximum absolute atomic E-state index is 13.9. The first kappa shape index (κ1) is 22.4. The molecule has 0 radical (unpaired) electrons. The minimum absolute atomic E-state index is 0.146. The van der Waals surface area contributed by atoms with Gasteiger partial charge in [-0.05, 0) is 60.0 Å². The largest absolute Gasteiger partial charge is 0.365 e. The molecule has 1 aliphatic heterocycles. The van der Waals surface area contributed by atoms with Gasteiger partial charge in [0.1, 0.15) is 11.6 Å². The first-order chi connectivity index (χ1) is 15.3. The molecule has 0 bridgehead atoms. The molecular weight excluding hydrogens is 432 g/mol. The van der Waals surface area contributed by atoms with Gasteiger partial charge in [0.2, 0.25) is 5.91 Å². The third-order valence-electron chi connectivity index (χ3n) is 5.78. The molecule has 1 saturated heterocycles. The summed E-state index contributed by atoms with van der Waals surface area (Å²) >= 11 is 6.04. The lowest BCUT2D eigenvalue weighted by Crippen LogP contribution is -2.51. The number of benzene rings is 3. The summed E-state index contributed by atoms with van der Waals surface area (Å²) in [6, 6.07) is 19.7. The Morgan fingerprint density at radius 2 is 1.62 bits per heavy atom. The Balaban J connectivity index is 1.57. The molecule has 32 heavy (non-hydrogen) atoms. The van der Waals surface area contributed by atoms with Crippen LogP contribution in [0.3, 0.4) is 0 Å². The molecule has 3 aromatic rings. The molecule has 0 aliphatic carbocycles. The van der Waals surface area contributed by atoms with E-state index in [1.807, 2.05) is 25.1 Å². The Hall–Kier alpha value is -2.76. The van der Waals surface area contributed by atoms with Gasteiger partial charge >= 0.3 is 0 Å². The van der Waals surface area contributed by atoms with Crippen molar-refractivity contribution in [1.82, 2.24) is 5.32 Å². The van der Waals surface area contributed by atoms with E-state index in [0.29, 0.717) is 17.9 Å². The Kier molecular flexibility index (Phi) is 6.58. The summed E-state index contributed by atoms with van der Waals surface area (Å²) in [6.07, 6.45) is 0.500. The number of rotatable bonds is 5. The lowest BCUT2D eigenvalue weighted by molar-refractivity contribution is -0.128. The first-order valence-corrected chi connectivity index (χ1v) is 10.9. The van der Waals surface area contributed by atoms with Crippen LogP contribution in [0.4, 0.5) is 8.78 Å². The summed E-state index contributed by atoms with van der Waals surface area (Å²) in [5.74, 6) is -0.829. The molecule has 3 aromatic carbocycles. The van der Waals surface area contributed by atoms with Crippen LogP contribution in [0.1, 0.15) is 48.7 Å². The average molecular weight is 456 g/mol. The Morgan fingerprint density at radius 1 is 0.969 bits per heavy atom. The van der Waals surface area contributed by atoms with E-state index < -0.39 is 11.6 Å². The number of amides is 1. The van der Waals surface area contributed by atoms with Gasteiger partial charge in [-0.2, -0.15) is 0 Å². The summed E-state index contributed by atoms with van der Waals surface area (Å²) < 4.78 is 33.4. The Labute approximate surface area is 191 Å². The highest BCUT2D eigenvalue weighted by Gasteiger charge is 2.40. The van der Waals surface area contributed by atoms with Crippen LogP contribution in [0, 0.1) is 11.6 Å². The average Bonchev–Trinajstić information content (AvgIpc) is 2.75. The Morgan fingerprint density at radius 3 is 2.28 bits per heavy atom. The monoisotopic (exact) mass is 455 g/mol. The van der Waals surface area contributed by atoms with Crippen LogP contribution in [0.15, 0.2) is 72.8 Å². The zero-order valence-electron chi connectivity index (χ0n) is 17.7. The molecule has 0 saturated carbocycles.